The highest BCUT2D eigenvalue weighted by Crippen LogP contribution is 2.00. The lowest BCUT2D eigenvalue weighted by Gasteiger charge is -2.01. The number of nitrogens with zero attached hydrogens (tertiary/aromatic N) is 5. The van der Waals surface area contributed by atoms with Crippen LogP contribution in [0.5, 0.6) is 0 Å². The summed E-state index contributed by atoms with van der Waals surface area (Å²) in [7, 11) is 0. The zero-order valence-corrected chi connectivity index (χ0v) is 13.3. The Balaban J connectivity index is 1.71. The molecule has 0 saturated carbocycles. The minimum Gasteiger partial charge on any atom is -0.250 e. The molecule has 0 aliphatic rings. The summed E-state index contributed by atoms with van der Waals surface area (Å²) in [5, 5.41) is 0. The highest BCUT2D eigenvalue weighted by molar-refractivity contribution is 5.09. The molecule has 0 aromatic carbocycles. The Kier molecular flexibility index (Phi) is 4.32. The summed E-state index contributed by atoms with van der Waals surface area (Å²) in [5.41, 5.74) is 2.18. The van der Waals surface area contributed by atoms with Gasteiger partial charge in [0.05, 0.1) is 24.5 Å². The van der Waals surface area contributed by atoms with Crippen LogP contribution in [-0.2, 0) is 26.2 Å². The molecule has 0 N–H and O–H groups in total. The summed E-state index contributed by atoms with van der Waals surface area (Å²) >= 11 is 0. The monoisotopic (exact) mass is 297 g/mol. The van der Waals surface area contributed by atoms with Crippen LogP contribution in [0.4, 0.5) is 0 Å². The average molecular weight is 297 g/mol. The molecule has 22 heavy (non-hydrogen) atoms. The highest BCUT2D eigenvalue weighted by Gasteiger charge is 2.08. The summed E-state index contributed by atoms with van der Waals surface area (Å²) in [6.45, 7) is 7.88. The standard InChI is InChI=1S/C17H23N5/c1-3-19-8-10-21(14-19)12-16-6-5-7-17(18-16)13-22-11-9-20(4-2)15-22/h5-11,14-15H,3-4,12-13H2,1-2H3/q+2. The lowest BCUT2D eigenvalue weighted by Crippen LogP contribution is -2.34. The molecule has 0 radical (unpaired) electrons. The summed E-state index contributed by atoms with van der Waals surface area (Å²) in [6.07, 6.45) is 12.6. The largest absolute Gasteiger partial charge is 0.250 e. The van der Waals surface area contributed by atoms with Crippen molar-refractivity contribution in [1.82, 2.24) is 14.1 Å². The normalized spacial score (nSPS) is 11.0. The third-order valence-corrected chi connectivity index (χ3v) is 3.78. The predicted molar refractivity (Wildman–Crippen MR) is 83.0 cm³/mol. The Morgan fingerprint density at radius 3 is 1.77 bits per heavy atom. The van der Waals surface area contributed by atoms with Crippen LogP contribution in [0.3, 0.4) is 0 Å². The van der Waals surface area contributed by atoms with Gasteiger partial charge in [-0.25, -0.2) is 23.3 Å². The zero-order chi connectivity index (χ0) is 15.4. The first-order valence-corrected chi connectivity index (χ1v) is 7.81. The van der Waals surface area contributed by atoms with Gasteiger partial charge >= 0.3 is 0 Å². The van der Waals surface area contributed by atoms with E-state index >= 15 is 0 Å². The van der Waals surface area contributed by atoms with E-state index in [1.54, 1.807) is 0 Å². The van der Waals surface area contributed by atoms with Gasteiger partial charge in [0.2, 0.25) is 12.7 Å². The molecule has 0 saturated heterocycles. The first kappa shape index (κ1) is 14.5. The van der Waals surface area contributed by atoms with Crippen LogP contribution in [0, 0.1) is 0 Å². The van der Waals surface area contributed by atoms with Gasteiger partial charge in [0.15, 0.2) is 0 Å². The Hall–Kier alpha value is -2.43. The van der Waals surface area contributed by atoms with Crippen LogP contribution in [-0.4, -0.2) is 14.1 Å². The van der Waals surface area contributed by atoms with Gasteiger partial charge in [-0.3, -0.25) is 0 Å². The maximum absolute atomic E-state index is 4.77. The van der Waals surface area contributed by atoms with E-state index in [1.165, 1.54) is 0 Å². The van der Waals surface area contributed by atoms with E-state index in [2.05, 4.69) is 87.8 Å². The van der Waals surface area contributed by atoms with E-state index in [4.69, 9.17) is 4.98 Å². The zero-order valence-electron chi connectivity index (χ0n) is 13.3. The smallest absolute Gasteiger partial charge is 0.244 e. The average Bonchev–Trinajstić information content (AvgIpc) is 3.16. The number of aryl methyl sites for hydroxylation is 2. The summed E-state index contributed by atoms with van der Waals surface area (Å²) in [5.74, 6) is 0. The number of rotatable bonds is 6. The van der Waals surface area contributed by atoms with E-state index in [0.717, 1.165) is 37.6 Å². The number of pyridine rings is 1. The van der Waals surface area contributed by atoms with Crippen molar-refractivity contribution < 1.29 is 9.13 Å². The van der Waals surface area contributed by atoms with E-state index < -0.39 is 0 Å². The van der Waals surface area contributed by atoms with E-state index in [1.807, 2.05) is 0 Å². The molecule has 3 aromatic rings. The van der Waals surface area contributed by atoms with Crippen molar-refractivity contribution in [2.45, 2.75) is 40.0 Å². The van der Waals surface area contributed by atoms with Gasteiger partial charge in [0.1, 0.15) is 37.9 Å². The van der Waals surface area contributed by atoms with Crippen molar-refractivity contribution >= 4 is 0 Å². The summed E-state index contributed by atoms with van der Waals surface area (Å²) in [4.78, 5) is 4.77. The van der Waals surface area contributed by atoms with Crippen LogP contribution in [0.15, 0.2) is 55.6 Å². The molecule has 3 rings (SSSR count). The predicted octanol–water partition coefficient (Wildman–Crippen LogP) is 1.40. The van der Waals surface area contributed by atoms with Crippen molar-refractivity contribution in [2.24, 2.45) is 0 Å². The topological polar surface area (TPSA) is 30.5 Å². The molecule has 114 valence electrons. The van der Waals surface area contributed by atoms with Crippen LogP contribution >= 0.6 is 0 Å². The second-order valence-electron chi connectivity index (χ2n) is 5.45. The lowest BCUT2D eigenvalue weighted by molar-refractivity contribution is -0.689. The molecule has 0 aliphatic heterocycles. The van der Waals surface area contributed by atoms with Gasteiger partial charge in [-0.05, 0) is 26.0 Å². The molecule has 3 aromatic heterocycles. The SMILES string of the molecule is CCn1cc[n+](Cc2cccc(C[n+]3ccn(CC)c3)n2)c1. The van der Waals surface area contributed by atoms with Crippen molar-refractivity contribution in [3.05, 3.63) is 67.0 Å². The van der Waals surface area contributed by atoms with Crippen molar-refractivity contribution in [1.29, 1.82) is 0 Å². The van der Waals surface area contributed by atoms with Crippen LogP contribution < -0.4 is 9.13 Å². The molecule has 0 spiro atoms. The fourth-order valence-electron chi connectivity index (χ4n) is 2.52. The molecule has 0 amide bonds. The Morgan fingerprint density at radius 1 is 0.864 bits per heavy atom. The first-order valence-electron chi connectivity index (χ1n) is 7.81. The Bertz CT molecular complexity index is 681. The van der Waals surface area contributed by atoms with Crippen LogP contribution in [0.2, 0.25) is 0 Å². The van der Waals surface area contributed by atoms with Gasteiger partial charge in [-0.1, -0.05) is 6.07 Å². The van der Waals surface area contributed by atoms with Gasteiger partial charge < -0.3 is 0 Å². The van der Waals surface area contributed by atoms with E-state index in [-0.39, 0.29) is 0 Å². The van der Waals surface area contributed by atoms with E-state index in [9.17, 15) is 0 Å². The number of hydrogen-bond acceptors (Lipinski definition) is 1. The Morgan fingerprint density at radius 2 is 1.36 bits per heavy atom. The second kappa shape index (κ2) is 6.56. The van der Waals surface area contributed by atoms with Crippen molar-refractivity contribution in [2.75, 3.05) is 0 Å². The molecule has 0 fully saturated rings. The van der Waals surface area contributed by atoms with Gasteiger partial charge in [0.25, 0.3) is 0 Å². The molecular formula is C17H23N5+2. The van der Waals surface area contributed by atoms with Crippen LogP contribution in [0.25, 0.3) is 0 Å². The van der Waals surface area contributed by atoms with Gasteiger partial charge in [-0.2, -0.15) is 0 Å². The molecule has 0 bridgehead atoms. The number of aromatic nitrogens is 5. The molecule has 0 atom stereocenters. The summed E-state index contributed by atoms with van der Waals surface area (Å²) in [6, 6.07) is 6.26. The maximum atomic E-state index is 4.77. The number of hydrogen-bond donors (Lipinski definition) is 0. The maximum Gasteiger partial charge on any atom is 0.244 e. The highest BCUT2D eigenvalue weighted by atomic mass is 15.1. The van der Waals surface area contributed by atoms with E-state index in [0.29, 0.717) is 0 Å². The number of imidazole rings is 2. The van der Waals surface area contributed by atoms with Crippen molar-refractivity contribution in [3.63, 3.8) is 0 Å². The van der Waals surface area contributed by atoms with Crippen molar-refractivity contribution in [3.8, 4) is 0 Å². The molecule has 5 nitrogen and oxygen atoms in total. The summed E-state index contributed by atoms with van der Waals surface area (Å²) < 4.78 is 8.65. The second-order valence-corrected chi connectivity index (χ2v) is 5.45. The lowest BCUT2D eigenvalue weighted by atomic mass is 10.3. The van der Waals surface area contributed by atoms with Gasteiger partial charge in [-0.15, -0.1) is 0 Å². The minimum absolute atomic E-state index is 0.807. The fourth-order valence-corrected chi connectivity index (χ4v) is 2.52. The van der Waals surface area contributed by atoms with Crippen LogP contribution in [0.1, 0.15) is 25.2 Å². The molecule has 5 heteroatoms. The molecular weight excluding hydrogens is 274 g/mol. The molecule has 0 aliphatic carbocycles. The first-order chi connectivity index (χ1) is 10.8. The quantitative estimate of drug-likeness (QED) is 0.633. The minimum atomic E-state index is 0.807. The molecule has 0 unspecified atom stereocenters. The molecule has 3 heterocycles. The Labute approximate surface area is 131 Å². The van der Waals surface area contributed by atoms with Gasteiger partial charge in [0, 0.05) is 0 Å². The third kappa shape index (κ3) is 3.42. The fraction of sp³-hybridized carbons (Fsp3) is 0.353. The third-order valence-electron chi connectivity index (χ3n) is 3.78.